The number of nitrogens with zero attached hydrogens (tertiary/aromatic N) is 2. The summed E-state index contributed by atoms with van der Waals surface area (Å²) in [7, 11) is 0. The Morgan fingerprint density at radius 3 is 2.95 bits per heavy atom. The molecule has 98 valence electrons. The number of nitrogens with one attached hydrogen (secondary N) is 2. The summed E-state index contributed by atoms with van der Waals surface area (Å²) in [6.07, 6.45) is 2.57. The highest BCUT2D eigenvalue weighted by atomic mass is 16.3. The molecular formula is C14H16N4O. The molecule has 0 fully saturated rings. The summed E-state index contributed by atoms with van der Waals surface area (Å²) < 4.78 is 5.48. The van der Waals surface area contributed by atoms with Gasteiger partial charge < -0.3 is 15.1 Å². The number of benzene rings is 1. The molecule has 0 atom stereocenters. The Morgan fingerprint density at radius 1 is 1.26 bits per heavy atom. The van der Waals surface area contributed by atoms with E-state index >= 15 is 0 Å². The first kappa shape index (κ1) is 11.8. The average Bonchev–Trinajstić information content (AvgIpc) is 2.95. The standard InChI is InChI=1S/C14H16N4O/c1-2-5-11(6-3-1)13-12(18-10-19-13)9-17-14-15-7-4-8-16-14/h1-3,5-6,10H,4,7-9H2,(H2,15,16,17). The van der Waals surface area contributed by atoms with Gasteiger partial charge in [0.25, 0.3) is 0 Å². The minimum atomic E-state index is 0.604. The van der Waals surface area contributed by atoms with E-state index in [-0.39, 0.29) is 0 Å². The third-order valence-electron chi connectivity index (χ3n) is 3.00. The molecule has 2 aromatic rings. The van der Waals surface area contributed by atoms with Crippen LogP contribution in [0, 0.1) is 0 Å². The van der Waals surface area contributed by atoms with E-state index in [0.29, 0.717) is 6.54 Å². The predicted molar refractivity (Wildman–Crippen MR) is 73.7 cm³/mol. The molecule has 1 aliphatic heterocycles. The normalized spacial score (nSPS) is 14.6. The Kier molecular flexibility index (Phi) is 3.45. The lowest BCUT2D eigenvalue weighted by molar-refractivity contribution is 0.570. The molecule has 1 aromatic carbocycles. The third kappa shape index (κ3) is 2.76. The quantitative estimate of drug-likeness (QED) is 0.878. The molecule has 0 radical (unpaired) electrons. The van der Waals surface area contributed by atoms with Gasteiger partial charge in [0.2, 0.25) is 0 Å². The Morgan fingerprint density at radius 2 is 2.16 bits per heavy atom. The first-order valence-electron chi connectivity index (χ1n) is 6.43. The molecule has 0 saturated heterocycles. The number of aliphatic imine (C=N–C) groups is 1. The van der Waals surface area contributed by atoms with Crippen molar-refractivity contribution < 1.29 is 4.42 Å². The number of guanidine groups is 1. The summed E-state index contributed by atoms with van der Waals surface area (Å²) in [4.78, 5) is 8.63. The van der Waals surface area contributed by atoms with E-state index in [4.69, 9.17) is 4.42 Å². The van der Waals surface area contributed by atoms with Gasteiger partial charge in [0.05, 0.1) is 6.54 Å². The van der Waals surface area contributed by atoms with Crippen molar-refractivity contribution in [3.8, 4) is 11.3 Å². The largest absolute Gasteiger partial charge is 0.443 e. The number of hydrogen-bond acceptors (Lipinski definition) is 5. The maximum atomic E-state index is 5.48. The van der Waals surface area contributed by atoms with Crippen LogP contribution >= 0.6 is 0 Å². The van der Waals surface area contributed by atoms with Gasteiger partial charge >= 0.3 is 0 Å². The zero-order valence-electron chi connectivity index (χ0n) is 10.6. The summed E-state index contributed by atoms with van der Waals surface area (Å²) in [6, 6.07) is 9.99. The molecule has 0 aliphatic carbocycles. The minimum Gasteiger partial charge on any atom is -0.443 e. The second-order valence-electron chi connectivity index (χ2n) is 4.36. The number of rotatable bonds is 3. The zero-order valence-corrected chi connectivity index (χ0v) is 10.6. The number of oxazole rings is 1. The van der Waals surface area contributed by atoms with Gasteiger partial charge in [0, 0.05) is 18.7 Å². The summed E-state index contributed by atoms with van der Waals surface area (Å²) in [5.74, 6) is 1.65. The average molecular weight is 256 g/mol. The van der Waals surface area contributed by atoms with Crippen molar-refractivity contribution in [3.05, 3.63) is 42.4 Å². The van der Waals surface area contributed by atoms with E-state index in [2.05, 4.69) is 20.6 Å². The molecule has 0 bridgehead atoms. The van der Waals surface area contributed by atoms with Crippen molar-refractivity contribution in [2.45, 2.75) is 13.0 Å². The van der Waals surface area contributed by atoms with Gasteiger partial charge in [-0.3, -0.25) is 4.99 Å². The monoisotopic (exact) mass is 256 g/mol. The van der Waals surface area contributed by atoms with E-state index in [1.165, 1.54) is 6.39 Å². The van der Waals surface area contributed by atoms with Gasteiger partial charge in [-0.25, -0.2) is 4.98 Å². The lowest BCUT2D eigenvalue weighted by atomic mass is 10.1. The van der Waals surface area contributed by atoms with Crippen LogP contribution in [-0.4, -0.2) is 24.0 Å². The smallest absolute Gasteiger partial charge is 0.191 e. The van der Waals surface area contributed by atoms with Crippen LogP contribution in [0.25, 0.3) is 11.3 Å². The van der Waals surface area contributed by atoms with Crippen molar-refractivity contribution in [3.63, 3.8) is 0 Å². The molecule has 5 heteroatoms. The molecule has 2 heterocycles. The van der Waals surface area contributed by atoms with Crippen LogP contribution in [-0.2, 0) is 6.54 Å². The van der Waals surface area contributed by atoms with Crippen molar-refractivity contribution in [1.29, 1.82) is 0 Å². The van der Waals surface area contributed by atoms with Gasteiger partial charge in [-0.2, -0.15) is 0 Å². The predicted octanol–water partition coefficient (Wildman–Crippen LogP) is 1.78. The van der Waals surface area contributed by atoms with E-state index in [9.17, 15) is 0 Å². The summed E-state index contributed by atoms with van der Waals surface area (Å²) >= 11 is 0. The second kappa shape index (κ2) is 5.56. The SMILES string of the molecule is c1ccc(-c2ocnc2CNC2=NCCCN2)cc1. The van der Waals surface area contributed by atoms with Gasteiger partial charge in [-0.15, -0.1) is 0 Å². The highest BCUT2D eigenvalue weighted by molar-refractivity contribution is 5.80. The van der Waals surface area contributed by atoms with Crippen LogP contribution in [0.2, 0.25) is 0 Å². The maximum Gasteiger partial charge on any atom is 0.191 e. The van der Waals surface area contributed by atoms with Crippen LogP contribution in [0.3, 0.4) is 0 Å². The number of hydrogen-bond donors (Lipinski definition) is 2. The fourth-order valence-electron chi connectivity index (χ4n) is 2.04. The molecule has 1 aliphatic rings. The topological polar surface area (TPSA) is 62.5 Å². The van der Waals surface area contributed by atoms with E-state index in [1.54, 1.807) is 0 Å². The first-order chi connectivity index (χ1) is 9.43. The van der Waals surface area contributed by atoms with Gasteiger partial charge in [-0.1, -0.05) is 30.3 Å². The molecule has 2 N–H and O–H groups in total. The molecule has 19 heavy (non-hydrogen) atoms. The van der Waals surface area contributed by atoms with E-state index in [0.717, 1.165) is 42.5 Å². The van der Waals surface area contributed by atoms with Crippen LogP contribution in [0.4, 0.5) is 0 Å². The molecule has 1 aromatic heterocycles. The highest BCUT2D eigenvalue weighted by Crippen LogP contribution is 2.22. The van der Waals surface area contributed by atoms with Gasteiger partial charge in [-0.05, 0) is 6.42 Å². The number of aromatic nitrogens is 1. The summed E-state index contributed by atoms with van der Waals surface area (Å²) in [6.45, 7) is 2.45. The van der Waals surface area contributed by atoms with Crippen molar-refractivity contribution >= 4 is 5.96 Å². The van der Waals surface area contributed by atoms with Gasteiger partial charge in [0.15, 0.2) is 18.1 Å². The molecule has 0 spiro atoms. The summed E-state index contributed by atoms with van der Waals surface area (Å²) in [5, 5.41) is 6.47. The van der Waals surface area contributed by atoms with Crippen LogP contribution in [0.15, 0.2) is 46.1 Å². The van der Waals surface area contributed by atoms with E-state index < -0.39 is 0 Å². The van der Waals surface area contributed by atoms with Crippen molar-refractivity contribution in [1.82, 2.24) is 15.6 Å². The Balaban J connectivity index is 1.72. The second-order valence-corrected chi connectivity index (χ2v) is 4.36. The molecule has 0 saturated carbocycles. The molecule has 0 unspecified atom stereocenters. The van der Waals surface area contributed by atoms with Crippen LogP contribution < -0.4 is 10.6 Å². The lowest BCUT2D eigenvalue weighted by Gasteiger charge is -2.15. The van der Waals surface area contributed by atoms with Crippen molar-refractivity contribution in [2.75, 3.05) is 13.1 Å². The maximum absolute atomic E-state index is 5.48. The first-order valence-corrected chi connectivity index (χ1v) is 6.43. The van der Waals surface area contributed by atoms with Crippen molar-refractivity contribution in [2.24, 2.45) is 4.99 Å². The Bertz CT molecular complexity index is 562. The van der Waals surface area contributed by atoms with Crippen LogP contribution in [0.1, 0.15) is 12.1 Å². The molecule has 5 nitrogen and oxygen atoms in total. The molecular weight excluding hydrogens is 240 g/mol. The highest BCUT2D eigenvalue weighted by Gasteiger charge is 2.11. The lowest BCUT2D eigenvalue weighted by Crippen LogP contribution is -2.40. The van der Waals surface area contributed by atoms with Crippen LogP contribution in [0.5, 0.6) is 0 Å². The van der Waals surface area contributed by atoms with E-state index in [1.807, 2.05) is 30.3 Å². The Labute approximate surface area is 111 Å². The molecule has 0 amide bonds. The third-order valence-corrected chi connectivity index (χ3v) is 3.00. The fourth-order valence-corrected chi connectivity index (χ4v) is 2.04. The fraction of sp³-hybridized carbons (Fsp3) is 0.286. The summed E-state index contributed by atoms with van der Waals surface area (Å²) in [5.41, 5.74) is 1.93. The Hall–Kier alpha value is -2.30. The minimum absolute atomic E-state index is 0.604. The molecule has 3 rings (SSSR count). The zero-order chi connectivity index (χ0) is 12.9. The van der Waals surface area contributed by atoms with Gasteiger partial charge in [0.1, 0.15) is 5.69 Å².